The van der Waals surface area contributed by atoms with Gasteiger partial charge < -0.3 is 9.64 Å². The summed E-state index contributed by atoms with van der Waals surface area (Å²) in [6, 6.07) is 0. The predicted molar refractivity (Wildman–Crippen MR) is 95.7 cm³/mol. The summed E-state index contributed by atoms with van der Waals surface area (Å²) in [4.78, 5) is 19.1. The average molecular weight is 328 g/mol. The van der Waals surface area contributed by atoms with E-state index in [-0.39, 0.29) is 17.0 Å². The van der Waals surface area contributed by atoms with Crippen molar-refractivity contribution in [3.8, 4) is 0 Å². The van der Waals surface area contributed by atoms with E-state index in [0.717, 1.165) is 39.3 Å². The zero-order valence-electron chi connectivity index (χ0n) is 16.3. The maximum absolute atomic E-state index is 12.5. The Labute approximate surface area is 142 Å². The summed E-state index contributed by atoms with van der Waals surface area (Å²) in [5.74, 6) is 0.246. The second kappa shape index (κ2) is 8.45. The molecule has 0 aromatic heterocycles. The number of carbonyl (C=O) groups is 1. The maximum Gasteiger partial charge on any atom is 0.236 e. The molecule has 0 spiro atoms. The summed E-state index contributed by atoms with van der Waals surface area (Å²) in [7, 11) is 0. The first-order valence-electron chi connectivity index (χ1n) is 8.92. The molecule has 0 aliphatic carbocycles. The molecule has 0 unspecified atom stereocenters. The molecule has 1 aliphatic rings. The van der Waals surface area contributed by atoms with E-state index >= 15 is 0 Å². The topological polar surface area (TPSA) is 36.0 Å². The third kappa shape index (κ3) is 7.64. The summed E-state index contributed by atoms with van der Waals surface area (Å²) < 4.78 is 5.77. The lowest BCUT2D eigenvalue weighted by Crippen LogP contribution is -2.56. The molecule has 1 aliphatic heterocycles. The van der Waals surface area contributed by atoms with Crippen molar-refractivity contribution in [2.75, 3.05) is 52.4 Å². The number of rotatable bonds is 6. The van der Waals surface area contributed by atoms with E-state index < -0.39 is 0 Å². The molecule has 5 heteroatoms. The van der Waals surface area contributed by atoms with Crippen molar-refractivity contribution in [3.05, 3.63) is 0 Å². The van der Waals surface area contributed by atoms with Crippen LogP contribution in [0.5, 0.6) is 0 Å². The summed E-state index contributed by atoms with van der Waals surface area (Å²) in [5.41, 5.74) is 0.0710. The van der Waals surface area contributed by atoms with E-state index in [0.29, 0.717) is 13.2 Å². The fraction of sp³-hybridized carbons (Fsp3) is 0.944. The van der Waals surface area contributed by atoms with E-state index in [1.807, 2.05) is 4.90 Å². The quantitative estimate of drug-likeness (QED) is 0.748. The molecule has 5 nitrogen and oxygen atoms in total. The molecule has 1 rings (SSSR count). The Morgan fingerprint density at radius 1 is 1.04 bits per heavy atom. The van der Waals surface area contributed by atoms with Crippen molar-refractivity contribution in [3.63, 3.8) is 0 Å². The molecule has 0 saturated carbocycles. The number of nitrogens with zero attached hydrogens (tertiary/aromatic N) is 3. The minimum Gasteiger partial charge on any atom is -0.375 e. The van der Waals surface area contributed by atoms with Gasteiger partial charge in [0.1, 0.15) is 0 Å². The normalized spacial score (nSPS) is 17.8. The van der Waals surface area contributed by atoms with Crippen LogP contribution in [0.15, 0.2) is 0 Å². The van der Waals surface area contributed by atoms with Gasteiger partial charge in [0.25, 0.3) is 0 Å². The highest BCUT2D eigenvalue weighted by Crippen LogP contribution is 2.16. The van der Waals surface area contributed by atoms with Gasteiger partial charge in [0.15, 0.2) is 0 Å². The Morgan fingerprint density at radius 3 is 2.04 bits per heavy atom. The highest BCUT2D eigenvalue weighted by Gasteiger charge is 2.28. The molecule has 1 fully saturated rings. The maximum atomic E-state index is 12.5. The van der Waals surface area contributed by atoms with Gasteiger partial charge in [-0.3, -0.25) is 14.6 Å². The Hall–Kier alpha value is -0.650. The fourth-order valence-electron chi connectivity index (χ4n) is 2.75. The van der Waals surface area contributed by atoms with Gasteiger partial charge in [0, 0.05) is 38.3 Å². The molecule has 23 heavy (non-hydrogen) atoms. The first kappa shape index (κ1) is 20.4. The van der Waals surface area contributed by atoms with Crippen molar-refractivity contribution in [1.29, 1.82) is 0 Å². The minimum absolute atomic E-state index is 0.118. The summed E-state index contributed by atoms with van der Waals surface area (Å²) in [6.45, 7) is 21.4. The van der Waals surface area contributed by atoms with E-state index in [4.69, 9.17) is 4.74 Å². The molecule has 0 aromatic rings. The number of hydrogen-bond acceptors (Lipinski definition) is 4. The third-order valence-corrected chi connectivity index (χ3v) is 4.33. The van der Waals surface area contributed by atoms with Gasteiger partial charge in [-0.15, -0.1) is 0 Å². The van der Waals surface area contributed by atoms with E-state index in [2.05, 4.69) is 58.3 Å². The molecule has 1 amide bonds. The van der Waals surface area contributed by atoms with Crippen LogP contribution in [0.1, 0.15) is 48.5 Å². The molecule has 1 saturated heterocycles. The Balaban J connectivity index is 2.37. The molecule has 0 atom stereocenters. The highest BCUT2D eigenvalue weighted by atomic mass is 16.5. The molecule has 136 valence electrons. The SMILES string of the molecule is CCN(CCOC(C)(C)C)CC(=O)N1CCN(C(C)(C)C)CC1. The summed E-state index contributed by atoms with van der Waals surface area (Å²) in [5, 5.41) is 0. The zero-order chi connectivity index (χ0) is 17.7. The molecular weight excluding hydrogens is 290 g/mol. The number of piperazine rings is 1. The first-order valence-corrected chi connectivity index (χ1v) is 8.92. The number of hydrogen-bond donors (Lipinski definition) is 0. The third-order valence-electron chi connectivity index (χ3n) is 4.33. The largest absolute Gasteiger partial charge is 0.375 e. The van der Waals surface area contributed by atoms with E-state index in [9.17, 15) is 4.79 Å². The lowest BCUT2D eigenvalue weighted by molar-refractivity contribution is -0.135. The number of carbonyl (C=O) groups excluding carboxylic acids is 1. The van der Waals surface area contributed by atoms with Gasteiger partial charge in [-0.05, 0) is 48.1 Å². The zero-order valence-corrected chi connectivity index (χ0v) is 16.3. The van der Waals surface area contributed by atoms with Crippen LogP contribution in [0.3, 0.4) is 0 Å². The van der Waals surface area contributed by atoms with Crippen molar-refractivity contribution < 1.29 is 9.53 Å². The van der Waals surface area contributed by atoms with Crippen LogP contribution in [0.4, 0.5) is 0 Å². The first-order chi connectivity index (χ1) is 10.5. The van der Waals surface area contributed by atoms with Crippen molar-refractivity contribution in [2.45, 2.75) is 59.6 Å². The summed E-state index contributed by atoms with van der Waals surface area (Å²) in [6.07, 6.45) is 0. The van der Waals surface area contributed by atoms with E-state index in [1.54, 1.807) is 0 Å². The lowest BCUT2D eigenvalue weighted by atomic mass is 10.0. The standard InChI is InChI=1S/C18H37N3O2/c1-8-19(13-14-23-18(5,6)7)15-16(22)20-9-11-21(12-10-20)17(2,3)4/h8-15H2,1-7H3. The van der Waals surface area contributed by atoms with Crippen LogP contribution in [0.2, 0.25) is 0 Å². The second-order valence-corrected chi connectivity index (χ2v) is 8.37. The minimum atomic E-state index is -0.118. The van der Waals surface area contributed by atoms with Crippen LogP contribution in [-0.4, -0.2) is 84.2 Å². The lowest BCUT2D eigenvalue weighted by Gasteiger charge is -2.42. The van der Waals surface area contributed by atoms with Crippen LogP contribution in [0, 0.1) is 0 Å². The second-order valence-electron chi connectivity index (χ2n) is 8.37. The smallest absolute Gasteiger partial charge is 0.236 e. The van der Waals surface area contributed by atoms with Crippen molar-refractivity contribution >= 4 is 5.91 Å². The van der Waals surface area contributed by atoms with Crippen molar-refractivity contribution in [2.24, 2.45) is 0 Å². The molecule has 0 aromatic carbocycles. The molecular formula is C18H37N3O2. The number of amides is 1. The van der Waals surface area contributed by atoms with Gasteiger partial charge >= 0.3 is 0 Å². The van der Waals surface area contributed by atoms with Gasteiger partial charge in [0.2, 0.25) is 5.91 Å². The van der Waals surface area contributed by atoms with Crippen molar-refractivity contribution in [1.82, 2.24) is 14.7 Å². The fourth-order valence-corrected chi connectivity index (χ4v) is 2.75. The molecule has 0 radical (unpaired) electrons. The number of ether oxygens (including phenoxy) is 1. The predicted octanol–water partition coefficient (Wildman–Crippen LogP) is 2.07. The Morgan fingerprint density at radius 2 is 1.61 bits per heavy atom. The molecule has 1 heterocycles. The highest BCUT2D eigenvalue weighted by molar-refractivity contribution is 5.78. The van der Waals surface area contributed by atoms with Gasteiger partial charge in [-0.2, -0.15) is 0 Å². The van der Waals surface area contributed by atoms with Gasteiger partial charge in [0.05, 0.1) is 18.8 Å². The van der Waals surface area contributed by atoms with Gasteiger partial charge in [-0.1, -0.05) is 6.92 Å². The molecule has 0 bridgehead atoms. The van der Waals surface area contributed by atoms with Crippen LogP contribution in [-0.2, 0) is 9.53 Å². The Kier molecular flexibility index (Phi) is 7.49. The van der Waals surface area contributed by atoms with E-state index in [1.165, 1.54) is 0 Å². The number of likely N-dealkylation sites (N-methyl/N-ethyl adjacent to an activating group) is 1. The summed E-state index contributed by atoms with van der Waals surface area (Å²) >= 11 is 0. The van der Waals surface area contributed by atoms with Crippen LogP contribution < -0.4 is 0 Å². The Bertz CT molecular complexity index is 363. The average Bonchev–Trinajstić information content (AvgIpc) is 2.44. The molecule has 0 N–H and O–H groups in total. The monoisotopic (exact) mass is 327 g/mol. The van der Waals surface area contributed by atoms with Crippen LogP contribution in [0.25, 0.3) is 0 Å². The van der Waals surface area contributed by atoms with Crippen LogP contribution >= 0.6 is 0 Å². The van der Waals surface area contributed by atoms with Gasteiger partial charge in [-0.25, -0.2) is 0 Å².